The lowest BCUT2D eigenvalue weighted by molar-refractivity contribution is -0.137. The molecule has 26 heavy (non-hydrogen) atoms. The van der Waals surface area contributed by atoms with Crippen molar-refractivity contribution in [1.29, 1.82) is 0 Å². The number of rotatable bonds is 3. The molecule has 136 valence electrons. The van der Waals surface area contributed by atoms with E-state index in [1.165, 1.54) is 43.6 Å². The van der Waals surface area contributed by atoms with Crippen molar-refractivity contribution in [3.63, 3.8) is 0 Å². The molecule has 0 saturated carbocycles. The molecule has 9 heteroatoms. The third kappa shape index (κ3) is 3.22. The van der Waals surface area contributed by atoms with E-state index in [0.717, 1.165) is 16.1 Å². The molecule has 3 rings (SSSR count). The normalized spacial score (nSPS) is 12.3. The minimum atomic E-state index is -4.66. The number of hydrogen-bond donors (Lipinski definition) is 0. The predicted octanol–water partition coefficient (Wildman–Crippen LogP) is 4.25. The van der Waals surface area contributed by atoms with Crippen molar-refractivity contribution in [2.24, 2.45) is 0 Å². The Bertz CT molecular complexity index is 1070. The highest BCUT2D eigenvalue weighted by Crippen LogP contribution is 2.33. The summed E-state index contributed by atoms with van der Waals surface area (Å²) in [5, 5.41) is 0. The van der Waals surface area contributed by atoms with Gasteiger partial charge in [0.05, 0.1) is 10.5 Å². The molecule has 4 nitrogen and oxygen atoms in total. The second kappa shape index (κ2) is 6.24. The van der Waals surface area contributed by atoms with Gasteiger partial charge < -0.3 is 0 Å². The van der Waals surface area contributed by atoms with E-state index < -0.39 is 27.6 Å². The van der Waals surface area contributed by atoms with Gasteiger partial charge in [-0.1, -0.05) is 18.2 Å². The van der Waals surface area contributed by atoms with E-state index in [4.69, 9.17) is 0 Å². The van der Waals surface area contributed by atoms with Crippen LogP contribution < -0.4 is 0 Å². The minimum Gasteiger partial charge on any atom is -0.241 e. The van der Waals surface area contributed by atoms with E-state index in [1.807, 2.05) is 0 Å². The molecule has 0 saturated heterocycles. The summed E-state index contributed by atoms with van der Waals surface area (Å²) in [7, 11) is -3.95. The molecule has 0 amide bonds. The lowest BCUT2D eigenvalue weighted by Crippen LogP contribution is -2.13. The van der Waals surface area contributed by atoms with Gasteiger partial charge in [-0.05, 0) is 36.8 Å². The zero-order valence-corrected chi connectivity index (χ0v) is 14.1. The summed E-state index contributed by atoms with van der Waals surface area (Å²) in [6.45, 7) is 1.51. The monoisotopic (exact) mass is 384 g/mol. The smallest absolute Gasteiger partial charge is 0.241 e. The highest BCUT2D eigenvalue weighted by atomic mass is 32.2. The van der Waals surface area contributed by atoms with Crippen molar-refractivity contribution in [2.45, 2.75) is 18.0 Å². The fraction of sp³-hybridized carbons (Fsp3) is 0.118. The van der Waals surface area contributed by atoms with Crippen molar-refractivity contribution in [3.8, 4) is 11.1 Å². The Morgan fingerprint density at radius 2 is 1.81 bits per heavy atom. The lowest BCUT2D eigenvalue weighted by Gasteiger charge is -2.11. The van der Waals surface area contributed by atoms with E-state index in [9.17, 15) is 26.0 Å². The summed E-state index contributed by atoms with van der Waals surface area (Å²) in [5.74, 6) is -0.843. The molecule has 0 unspecified atom stereocenters. The predicted molar refractivity (Wildman–Crippen MR) is 86.4 cm³/mol. The molecule has 0 bridgehead atoms. The maximum absolute atomic E-state index is 14.2. The van der Waals surface area contributed by atoms with Gasteiger partial charge in [0.1, 0.15) is 11.6 Å². The summed E-state index contributed by atoms with van der Waals surface area (Å²) in [4.78, 5) is 3.72. The Morgan fingerprint density at radius 3 is 2.38 bits per heavy atom. The molecule has 3 aromatic rings. The van der Waals surface area contributed by atoms with Gasteiger partial charge in [0.25, 0.3) is 10.0 Å². The van der Waals surface area contributed by atoms with Gasteiger partial charge in [-0.25, -0.2) is 21.8 Å². The SMILES string of the molecule is Cc1nccn1S(=O)(=O)c1cccc(-c2ccc(C(F)(F)F)cc2F)c1. The molecule has 1 aromatic heterocycles. The summed E-state index contributed by atoms with van der Waals surface area (Å²) in [6, 6.07) is 7.46. The van der Waals surface area contributed by atoms with Crippen LogP contribution in [0.15, 0.2) is 59.8 Å². The summed E-state index contributed by atoms with van der Waals surface area (Å²) >= 11 is 0. The number of aryl methyl sites for hydroxylation is 1. The molecule has 0 spiro atoms. The number of halogens is 4. The van der Waals surface area contributed by atoms with E-state index in [-0.39, 0.29) is 21.8 Å². The average molecular weight is 384 g/mol. The number of benzene rings is 2. The molecular formula is C17H12F4N2O2S. The number of alkyl halides is 3. The van der Waals surface area contributed by atoms with Gasteiger partial charge in [0.2, 0.25) is 0 Å². The van der Waals surface area contributed by atoms with Crippen LogP contribution in [0.5, 0.6) is 0 Å². The van der Waals surface area contributed by atoms with Crippen molar-refractivity contribution < 1.29 is 26.0 Å². The van der Waals surface area contributed by atoms with E-state index in [0.29, 0.717) is 6.07 Å². The van der Waals surface area contributed by atoms with Crippen LogP contribution in [0.1, 0.15) is 11.4 Å². The Kier molecular flexibility index (Phi) is 4.35. The van der Waals surface area contributed by atoms with E-state index >= 15 is 0 Å². The number of imidazole rings is 1. The van der Waals surface area contributed by atoms with Crippen LogP contribution in [0, 0.1) is 12.7 Å². The summed E-state index contributed by atoms with van der Waals surface area (Å²) in [5.41, 5.74) is -1.09. The number of hydrogen-bond acceptors (Lipinski definition) is 3. The fourth-order valence-corrected chi connectivity index (χ4v) is 3.85. The van der Waals surface area contributed by atoms with Crippen LogP contribution in [0.2, 0.25) is 0 Å². The third-order valence-electron chi connectivity index (χ3n) is 3.78. The van der Waals surface area contributed by atoms with Gasteiger partial charge in [-0.15, -0.1) is 0 Å². The van der Waals surface area contributed by atoms with Crippen molar-refractivity contribution in [1.82, 2.24) is 8.96 Å². The Morgan fingerprint density at radius 1 is 1.08 bits per heavy atom. The highest BCUT2D eigenvalue weighted by Gasteiger charge is 2.31. The average Bonchev–Trinajstić information content (AvgIpc) is 3.01. The quantitative estimate of drug-likeness (QED) is 0.635. The topological polar surface area (TPSA) is 52.0 Å². The van der Waals surface area contributed by atoms with Crippen LogP contribution in [0.4, 0.5) is 17.6 Å². The lowest BCUT2D eigenvalue weighted by atomic mass is 10.0. The van der Waals surface area contributed by atoms with Crippen LogP contribution in [-0.4, -0.2) is 17.4 Å². The Labute approximate surface area is 146 Å². The van der Waals surface area contributed by atoms with Crippen LogP contribution >= 0.6 is 0 Å². The standard InChI is InChI=1S/C17H12F4N2O2S/c1-11-22-7-8-23(11)26(24,25)14-4-2-3-12(9-14)15-6-5-13(10-16(15)18)17(19,20)21/h2-10H,1H3. The van der Waals surface area contributed by atoms with E-state index in [1.54, 1.807) is 0 Å². The second-order valence-electron chi connectivity index (χ2n) is 5.50. The molecule has 0 N–H and O–H groups in total. The Hall–Kier alpha value is -2.68. The van der Waals surface area contributed by atoms with Gasteiger partial charge >= 0.3 is 6.18 Å². The first-order valence-corrected chi connectivity index (χ1v) is 8.77. The van der Waals surface area contributed by atoms with E-state index in [2.05, 4.69) is 4.98 Å². The van der Waals surface area contributed by atoms with Crippen molar-refractivity contribution >= 4 is 10.0 Å². The first kappa shape index (κ1) is 18.1. The highest BCUT2D eigenvalue weighted by molar-refractivity contribution is 7.90. The minimum absolute atomic E-state index is 0.127. The molecule has 0 aliphatic heterocycles. The largest absolute Gasteiger partial charge is 0.416 e. The van der Waals surface area contributed by atoms with Gasteiger partial charge in [-0.2, -0.15) is 13.2 Å². The van der Waals surface area contributed by atoms with Crippen LogP contribution in [0.3, 0.4) is 0 Å². The zero-order valence-electron chi connectivity index (χ0n) is 13.3. The molecule has 2 aromatic carbocycles. The third-order valence-corrected chi connectivity index (χ3v) is 5.53. The first-order chi connectivity index (χ1) is 12.1. The number of aromatic nitrogens is 2. The Balaban J connectivity index is 2.08. The van der Waals surface area contributed by atoms with Crippen molar-refractivity contribution in [2.75, 3.05) is 0 Å². The van der Waals surface area contributed by atoms with Gasteiger partial charge in [0.15, 0.2) is 0 Å². The molecule has 0 fully saturated rings. The molecule has 0 radical (unpaired) electrons. The maximum Gasteiger partial charge on any atom is 0.416 e. The fourth-order valence-electron chi connectivity index (χ4n) is 2.48. The molecular weight excluding hydrogens is 372 g/mol. The van der Waals surface area contributed by atoms with Crippen LogP contribution in [-0.2, 0) is 16.2 Å². The summed E-state index contributed by atoms with van der Waals surface area (Å²) < 4.78 is 78.4. The van der Waals surface area contributed by atoms with Crippen LogP contribution in [0.25, 0.3) is 11.1 Å². The number of nitrogens with zero attached hydrogens (tertiary/aromatic N) is 2. The zero-order chi connectivity index (χ0) is 19.1. The molecule has 0 aliphatic rings. The van der Waals surface area contributed by atoms with Crippen molar-refractivity contribution in [3.05, 3.63) is 72.1 Å². The van der Waals surface area contributed by atoms with Gasteiger partial charge in [-0.3, -0.25) is 0 Å². The first-order valence-electron chi connectivity index (χ1n) is 7.33. The molecule has 0 aliphatic carbocycles. The summed E-state index contributed by atoms with van der Waals surface area (Å²) in [6.07, 6.45) is -2.06. The maximum atomic E-state index is 14.2. The molecule has 1 heterocycles. The van der Waals surface area contributed by atoms with Gasteiger partial charge in [0, 0.05) is 18.0 Å². The second-order valence-corrected chi connectivity index (χ2v) is 7.31. The molecule has 0 atom stereocenters.